The average molecular weight is 292 g/mol. The van der Waals surface area contributed by atoms with Crippen LogP contribution in [0.1, 0.15) is 17.6 Å². The summed E-state index contributed by atoms with van der Waals surface area (Å²) in [6, 6.07) is 2.11. The van der Waals surface area contributed by atoms with Crippen LogP contribution >= 0.6 is 11.3 Å². The summed E-state index contributed by atoms with van der Waals surface area (Å²) in [7, 11) is 0. The van der Waals surface area contributed by atoms with Gasteiger partial charge >= 0.3 is 0 Å². The van der Waals surface area contributed by atoms with Gasteiger partial charge in [0, 0.05) is 49.9 Å². The minimum atomic E-state index is 0.482. The van der Waals surface area contributed by atoms with Crippen molar-refractivity contribution < 1.29 is 4.74 Å². The number of aromatic nitrogens is 3. The monoisotopic (exact) mass is 292 g/mol. The molecular weight excluding hydrogens is 272 g/mol. The summed E-state index contributed by atoms with van der Waals surface area (Å²) in [5.41, 5.74) is 1.28. The lowest BCUT2D eigenvalue weighted by atomic mass is 10.1. The van der Waals surface area contributed by atoms with Crippen molar-refractivity contribution in [3.05, 3.63) is 34.5 Å². The minimum absolute atomic E-state index is 0.482. The molecule has 6 heteroatoms. The topological polar surface area (TPSA) is 43.2 Å². The Kier molecular flexibility index (Phi) is 4.44. The normalized spacial score (nSPS) is 19.8. The molecule has 5 nitrogen and oxygen atoms in total. The quantitative estimate of drug-likeness (QED) is 0.845. The maximum atomic E-state index is 5.62. The van der Waals surface area contributed by atoms with Crippen molar-refractivity contribution in [3.63, 3.8) is 0 Å². The van der Waals surface area contributed by atoms with E-state index in [1.54, 1.807) is 11.3 Å². The van der Waals surface area contributed by atoms with Gasteiger partial charge in [-0.15, -0.1) is 11.3 Å². The zero-order valence-electron chi connectivity index (χ0n) is 11.7. The van der Waals surface area contributed by atoms with Crippen molar-refractivity contribution in [2.75, 3.05) is 19.8 Å². The third-order valence-corrected chi connectivity index (χ3v) is 4.30. The fourth-order valence-electron chi connectivity index (χ4n) is 2.65. The van der Waals surface area contributed by atoms with E-state index in [4.69, 9.17) is 4.74 Å². The summed E-state index contributed by atoms with van der Waals surface area (Å²) in [5.74, 6) is 0.482. The van der Waals surface area contributed by atoms with Crippen LogP contribution in [0, 0.1) is 5.92 Å². The Morgan fingerprint density at radius 2 is 2.35 bits per heavy atom. The van der Waals surface area contributed by atoms with Crippen LogP contribution in [-0.4, -0.2) is 39.4 Å². The van der Waals surface area contributed by atoms with E-state index in [1.165, 1.54) is 10.7 Å². The second-order valence-electron chi connectivity index (χ2n) is 5.13. The number of hydrogen-bond donors (Lipinski definition) is 0. The molecule has 2 aromatic heterocycles. The molecule has 1 atom stereocenters. The third-order valence-electron chi connectivity index (χ3n) is 3.54. The standard InChI is InChI=1S/C14H20N4OS/c1-2-19-11-12-7-17(10-14-15-5-6-20-14)9-13-3-4-16-18(13)8-12/h3-6,12H,2,7-11H2,1H3. The highest BCUT2D eigenvalue weighted by molar-refractivity contribution is 7.09. The van der Waals surface area contributed by atoms with Crippen molar-refractivity contribution in [1.29, 1.82) is 0 Å². The Bertz CT molecular complexity index is 525. The highest BCUT2D eigenvalue weighted by Crippen LogP contribution is 2.19. The molecule has 3 heterocycles. The molecule has 20 heavy (non-hydrogen) atoms. The molecule has 0 spiro atoms. The molecule has 0 bridgehead atoms. The maximum absolute atomic E-state index is 5.62. The summed E-state index contributed by atoms with van der Waals surface area (Å²) in [6.07, 6.45) is 3.76. The molecular formula is C14H20N4OS. The van der Waals surface area contributed by atoms with Gasteiger partial charge in [-0.05, 0) is 13.0 Å². The lowest BCUT2D eigenvalue weighted by Gasteiger charge is -2.22. The van der Waals surface area contributed by atoms with Gasteiger partial charge < -0.3 is 4.74 Å². The Labute approximate surface area is 123 Å². The maximum Gasteiger partial charge on any atom is 0.107 e. The van der Waals surface area contributed by atoms with Crippen molar-refractivity contribution in [2.24, 2.45) is 5.92 Å². The summed E-state index contributed by atoms with van der Waals surface area (Å²) < 4.78 is 7.74. The van der Waals surface area contributed by atoms with Gasteiger partial charge in [-0.1, -0.05) is 0 Å². The number of ether oxygens (including phenoxy) is 1. The van der Waals surface area contributed by atoms with Crippen molar-refractivity contribution >= 4 is 11.3 Å². The fourth-order valence-corrected chi connectivity index (χ4v) is 3.31. The van der Waals surface area contributed by atoms with Crippen molar-refractivity contribution in [1.82, 2.24) is 19.7 Å². The fraction of sp³-hybridized carbons (Fsp3) is 0.571. The van der Waals surface area contributed by atoms with E-state index in [2.05, 4.69) is 25.7 Å². The van der Waals surface area contributed by atoms with E-state index in [1.807, 2.05) is 24.7 Å². The predicted molar refractivity (Wildman–Crippen MR) is 78.4 cm³/mol. The van der Waals surface area contributed by atoms with Crippen LogP contribution in [-0.2, 0) is 24.4 Å². The predicted octanol–water partition coefficient (Wildman–Crippen LogP) is 2.01. The van der Waals surface area contributed by atoms with Crippen LogP contribution in [0.4, 0.5) is 0 Å². The highest BCUT2D eigenvalue weighted by Gasteiger charge is 2.22. The zero-order chi connectivity index (χ0) is 13.8. The largest absolute Gasteiger partial charge is 0.381 e. The van der Waals surface area contributed by atoms with Gasteiger partial charge in [0.15, 0.2) is 0 Å². The van der Waals surface area contributed by atoms with Gasteiger partial charge in [0.05, 0.1) is 18.8 Å². The van der Waals surface area contributed by atoms with Crippen molar-refractivity contribution in [2.45, 2.75) is 26.6 Å². The summed E-state index contributed by atoms with van der Waals surface area (Å²) in [5, 5.41) is 7.64. The lowest BCUT2D eigenvalue weighted by Crippen LogP contribution is -2.30. The SMILES string of the molecule is CCOCC1CN(Cc2nccs2)Cc2ccnn2C1. The van der Waals surface area contributed by atoms with E-state index < -0.39 is 0 Å². The first-order valence-electron chi connectivity index (χ1n) is 7.04. The highest BCUT2D eigenvalue weighted by atomic mass is 32.1. The Balaban J connectivity index is 1.73. The number of rotatable bonds is 5. The van der Waals surface area contributed by atoms with Gasteiger partial charge in [0.1, 0.15) is 5.01 Å². The van der Waals surface area contributed by atoms with E-state index >= 15 is 0 Å². The molecule has 0 aromatic carbocycles. The summed E-state index contributed by atoms with van der Waals surface area (Å²) >= 11 is 1.72. The third kappa shape index (κ3) is 3.26. The average Bonchev–Trinajstić information content (AvgIpc) is 3.06. The van der Waals surface area contributed by atoms with E-state index in [0.29, 0.717) is 5.92 Å². The van der Waals surface area contributed by atoms with E-state index in [9.17, 15) is 0 Å². The number of thiazole rings is 1. The van der Waals surface area contributed by atoms with Crippen LogP contribution in [0.3, 0.4) is 0 Å². The molecule has 108 valence electrons. The van der Waals surface area contributed by atoms with Crippen LogP contribution < -0.4 is 0 Å². The molecule has 1 aliphatic rings. The molecule has 0 aliphatic carbocycles. The van der Waals surface area contributed by atoms with Crippen LogP contribution in [0.15, 0.2) is 23.8 Å². The van der Waals surface area contributed by atoms with Gasteiger partial charge in [-0.25, -0.2) is 4.98 Å². The second-order valence-corrected chi connectivity index (χ2v) is 6.10. The van der Waals surface area contributed by atoms with Gasteiger partial charge in [-0.3, -0.25) is 9.58 Å². The Hall–Kier alpha value is -1.24. The molecule has 0 radical (unpaired) electrons. The number of hydrogen-bond acceptors (Lipinski definition) is 5. The number of nitrogens with zero attached hydrogens (tertiary/aromatic N) is 4. The lowest BCUT2D eigenvalue weighted by molar-refractivity contribution is 0.0841. The summed E-state index contributed by atoms with van der Waals surface area (Å²) in [4.78, 5) is 6.84. The molecule has 0 fully saturated rings. The smallest absolute Gasteiger partial charge is 0.107 e. The first-order valence-corrected chi connectivity index (χ1v) is 7.92. The van der Waals surface area contributed by atoms with E-state index in [-0.39, 0.29) is 0 Å². The Morgan fingerprint density at radius 1 is 1.40 bits per heavy atom. The molecule has 0 N–H and O–H groups in total. The summed E-state index contributed by atoms with van der Waals surface area (Å²) in [6.45, 7) is 7.43. The Morgan fingerprint density at radius 3 is 3.15 bits per heavy atom. The zero-order valence-corrected chi connectivity index (χ0v) is 12.6. The van der Waals surface area contributed by atoms with Gasteiger partial charge in [0.2, 0.25) is 0 Å². The van der Waals surface area contributed by atoms with Gasteiger partial charge in [-0.2, -0.15) is 5.10 Å². The molecule has 0 amide bonds. The number of fused-ring (bicyclic) bond motifs is 1. The minimum Gasteiger partial charge on any atom is -0.381 e. The van der Waals surface area contributed by atoms with E-state index in [0.717, 1.165) is 39.4 Å². The van der Waals surface area contributed by atoms with Gasteiger partial charge in [0.25, 0.3) is 0 Å². The molecule has 0 saturated heterocycles. The second kappa shape index (κ2) is 6.47. The van der Waals surface area contributed by atoms with Crippen LogP contribution in [0.25, 0.3) is 0 Å². The van der Waals surface area contributed by atoms with Crippen LogP contribution in [0.2, 0.25) is 0 Å². The van der Waals surface area contributed by atoms with Crippen molar-refractivity contribution in [3.8, 4) is 0 Å². The molecule has 1 unspecified atom stereocenters. The molecule has 1 aliphatic heterocycles. The first-order chi connectivity index (χ1) is 9.85. The molecule has 2 aromatic rings. The first kappa shape index (κ1) is 13.7. The molecule has 3 rings (SSSR count). The van der Waals surface area contributed by atoms with Crippen LogP contribution in [0.5, 0.6) is 0 Å². The molecule has 0 saturated carbocycles.